The highest BCUT2D eigenvalue weighted by atomic mass is 35.5. The van der Waals surface area contributed by atoms with Crippen molar-refractivity contribution in [3.63, 3.8) is 0 Å². The Kier molecular flexibility index (Phi) is 10.7. The van der Waals surface area contributed by atoms with Gasteiger partial charge in [-0.3, -0.25) is 9.59 Å². The van der Waals surface area contributed by atoms with Gasteiger partial charge in [-0.2, -0.15) is 0 Å². The van der Waals surface area contributed by atoms with Crippen LogP contribution >= 0.6 is 23.4 Å². The van der Waals surface area contributed by atoms with Crippen LogP contribution in [0.15, 0.2) is 48.5 Å². The standard InChI is InChI=1S/C24H31ClN2O3S/c1-4-5-12-26-24(29)18(2)27(15-19-8-7-11-22(14-19)30-3)23(28)17-31-16-20-9-6-10-21(25)13-20/h6-11,13-14,18H,4-5,12,15-17H2,1-3H3,(H,26,29)/t18-/m1/s1. The van der Waals surface area contributed by atoms with E-state index in [1.54, 1.807) is 18.9 Å². The number of hydrogen-bond donors (Lipinski definition) is 1. The molecule has 0 aliphatic rings. The predicted molar refractivity (Wildman–Crippen MR) is 129 cm³/mol. The Morgan fingerprint density at radius 2 is 1.90 bits per heavy atom. The van der Waals surface area contributed by atoms with E-state index in [-0.39, 0.29) is 17.6 Å². The van der Waals surface area contributed by atoms with Crippen LogP contribution in [0.25, 0.3) is 0 Å². The molecule has 0 unspecified atom stereocenters. The summed E-state index contributed by atoms with van der Waals surface area (Å²) < 4.78 is 5.30. The van der Waals surface area contributed by atoms with Gasteiger partial charge in [0.2, 0.25) is 11.8 Å². The molecule has 2 aromatic carbocycles. The summed E-state index contributed by atoms with van der Waals surface area (Å²) in [5, 5.41) is 3.62. The van der Waals surface area contributed by atoms with Gasteiger partial charge in [0.15, 0.2) is 0 Å². The molecule has 0 fully saturated rings. The molecule has 0 radical (unpaired) electrons. The monoisotopic (exact) mass is 462 g/mol. The van der Waals surface area contributed by atoms with Crippen LogP contribution in [0.1, 0.15) is 37.8 Å². The van der Waals surface area contributed by atoms with E-state index >= 15 is 0 Å². The van der Waals surface area contributed by atoms with Crippen molar-refractivity contribution in [3.05, 3.63) is 64.7 Å². The molecular formula is C24H31ClN2O3S. The van der Waals surface area contributed by atoms with E-state index in [0.29, 0.717) is 23.9 Å². The van der Waals surface area contributed by atoms with Gasteiger partial charge in [-0.05, 0) is 48.7 Å². The smallest absolute Gasteiger partial charge is 0.242 e. The van der Waals surface area contributed by atoms with Crippen molar-refractivity contribution in [2.24, 2.45) is 0 Å². The molecule has 0 spiro atoms. The summed E-state index contributed by atoms with van der Waals surface area (Å²) in [6.07, 6.45) is 1.92. The fourth-order valence-corrected chi connectivity index (χ4v) is 4.12. The fraction of sp³-hybridized carbons (Fsp3) is 0.417. The minimum absolute atomic E-state index is 0.0759. The second-order valence-corrected chi connectivity index (χ2v) is 8.74. The summed E-state index contributed by atoms with van der Waals surface area (Å²) in [5.74, 6) is 1.47. The number of carbonyl (C=O) groups is 2. The molecule has 31 heavy (non-hydrogen) atoms. The van der Waals surface area contributed by atoms with E-state index in [1.807, 2.05) is 48.5 Å². The number of amides is 2. The number of benzene rings is 2. The number of nitrogens with zero attached hydrogens (tertiary/aromatic N) is 1. The second kappa shape index (κ2) is 13.3. The summed E-state index contributed by atoms with van der Waals surface area (Å²) in [6.45, 7) is 4.81. The predicted octanol–water partition coefficient (Wildman–Crippen LogP) is 4.92. The molecule has 0 bridgehead atoms. The Morgan fingerprint density at radius 3 is 2.61 bits per heavy atom. The Hall–Kier alpha value is -2.18. The van der Waals surface area contributed by atoms with Crippen LogP contribution in [0, 0.1) is 0 Å². The minimum atomic E-state index is -0.567. The molecule has 5 nitrogen and oxygen atoms in total. The van der Waals surface area contributed by atoms with Crippen molar-refractivity contribution in [2.75, 3.05) is 19.4 Å². The van der Waals surface area contributed by atoms with E-state index in [1.165, 1.54) is 11.8 Å². The Labute approximate surface area is 194 Å². The Balaban J connectivity index is 2.07. The number of methoxy groups -OCH3 is 1. The third-order valence-corrected chi connectivity index (χ3v) is 6.09. The highest BCUT2D eigenvalue weighted by Gasteiger charge is 2.26. The van der Waals surface area contributed by atoms with Gasteiger partial charge in [-0.15, -0.1) is 11.8 Å². The molecule has 0 heterocycles. The number of carbonyl (C=O) groups excluding carboxylic acids is 2. The van der Waals surface area contributed by atoms with Crippen molar-refractivity contribution in [1.82, 2.24) is 10.2 Å². The first-order valence-electron chi connectivity index (χ1n) is 10.5. The molecule has 2 amide bonds. The van der Waals surface area contributed by atoms with Crippen molar-refractivity contribution in [1.29, 1.82) is 0 Å². The van der Waals surface area contributed by atoms with Crippen LogP contribution in [0.4, 0.5) is 0 Å². The third-order valence-electron chi connectivity index (χ3n) is 4.87. The first-order chi connectivity index (χ1) is 14.9. The van der Waals surface area contributed by atoms with Gasteiger partial charge >= 0.3 is 0 Å². The summed E-state index contributed by atoms with van der Waals surface area (Å²) in [5.41, 5.74) is 1.98. The summed E-state index contributed by atoms with van der Waals surface area (Å²) in [4.78, 5) is 27.4. The number of halogens is 1. The maximum Gasteiger partial charge on any atom is 0.242 e. The zero-order valence-electron chi connectivity index (χ0n) is 18.4. The first-order valence-corrected chi connectivity index (χ1v) is 12.0. The zero-order chi connectivity index (χ0) is 22.6. The largest absolute Gasteiger partial charge is 0.497 e. The van der Waals surface area contributed by atoms with Gasteiger partial charge in [0.05, 0.1) is 12.9 Å². The van der Waals surface area contributed by atoms with E-state index in [0.717, 1.165) is 29.7 Å². The molecule has 0 aliphatic carbocycles. The molecule has 2 aromatic rings. The van der Waals surface area contributed by atoms with E-state index in [2.05, 4.69) is 12.2 Å². The lowest BCUT2D eigenvalue weighted by Gasteiger charge is -2.29. The average Bonchev–Trinajstić information content (AvgIpc) is 2.77. The Bertz CT molecular complexity index is 862. The fourth-order valence-electron chi connectivity index (χ4n) is 3.05. The van der Waals surface area contributed by atoms with Gasteiger partial charge in [0.25, 0.3) is 0 Å². The quantitative estimate of drug-likeness (QED) is 0.455. The van der Waals surface area contributed by atoms with E-state index < -0.39 is 6.04 Å². The third kappa shape index (κ3) is 8.46. The number of ether oxygens (including phenoxy) is 1. The number of hydrogen-bond acceptors (Lipinski definition) is 4. The highest BCUT2D eigenvalue weighted by Crippen LogP contribution is 2.20. The summed E-state index contributed by atoms with van der Waals surface area (Å²) in [7, 11) is 1.61. The van der Waals surface area contributed by atoms with Crippen molar-refractivity contribution in [3.8, 4) is 5.75 Å². The van der Waals surface area contributed by atoms with Gasteiger partial charge in [-0.25, -0.2) is 0 Å². The maximum absolute atomic E-state index is 13.1. The Morgan fingerprint density at radius 1 is 1.16 bits per heavy atom. The average molecular weight is 463 g/mol. The van der Waals surface area contributed by atoms with Crippen LogP contribution in [0.5, 0.6) is 5.75 Å². The lowest BCUT2D eigenvalue weighted by molar-refractivity contribution is -0.138. The highest BCUT2D eigenvalue weighted by molar-refractivity contribution is 7.99. The van der Waals surface area contributed by atoms with E-state index in [9.17, 15) is 9.59 Å². The van der Waals surface area contributed by atoms with Crippen LogP contribution in [-0.2, 0) is 21.9 Å². The van der Waals surface area contributed by atoms with Crippen molar-refractivity contribution in [2.45, 2.75) is 45.0 Å². The summed E-state index contributed by atoms with van der Waals surface area (Å²) >= 11 is 7.56. The molecule has 0 saturated heterocycles. The molecular weight excluding hydrogens is 432 g/mol. The number of thioether (sulfide) groups is 1. The van der Waals surface area contributed by atoms with Crippen molar-refractivity contribution >= 4 is 35.2 Å². The molecule has 7 heteroatoms. The normalized spacial score (nSPS) is 11.6. The van der Waals surface area contributed by atoms with Crippen molar-refractivity contribution < 1.29 is 14.3 Å². The van der Waals surface area contributed by atoms with Crippen LogP contribution < -0.4 is 10.1 Å². The molecule has 1 N–H and O–H groups in total. The lowest BCUT2D eigenvalue weighted by Crippen LogP contribution is -2.48. The number of rotatable bonds is 12. The number of nitrogens with one attached hydrogen (secondary N) is 1. The molecule has 0 aromatic heterocycles. The van der Waals surface area contributed by atoms with Crippen LogP contribution in [0.2, 0.25) is 5.02 Å². The van der Waals surface area contributed by atoms with Gasteiger partial charge in [0.1, 0.15) is 11.8 Å². The minimum Gasteiger partial charge on any atom is -0.497 e. The molecule has 168 valence electrons. The lowest BCUT2D eigenvalue weighted by atomic mass is 10.1. The van der Waals surface area contributed by atoms with Gasteiger partial charge < -0.3 is 15.0 Å². The molecule has 0 saturated carbocycles. The van der Waals surface area contributed by atoms with Gasteiger partial charge in [0, 0.05) is 23.9 Å². The molecule has 2 rings (SSSR count). The van der Waals surface area contributed by atoms with Crippen LogP contribution in [-0.4, -0.2) is 42.2 Å². The van der Waals surface area contributed by atoms with Gasteiger partial charge in [-0.1, -0.05) is 49.2 Å². The van der Waals surface area contributed by atoms with E-state index in [4.69, 9.17) is 16.3 Å². The topological polar surface area (TPSA) is 58.6 Å². The number of unbranched alkanes of at least 4 members (excludes halogenated alkanes) is 1. The first kappa shape index (κ1) is 25.1. The molecule has 1 atom stereocenters. The summed E-state index contributed by atoms with van der Waals surface area (Å²) in [6, 6.07) is 14.6. The zero-order valence-corrected chi connectivity index (χ0v) is 20.0. The SMILES string of the molecule is CCCCNC(=O)[C@@H](C)N(Cc1cccc(OC)c1)C(=O)CSCc1cccc(Cl)c1. The van der Waals surface area contributed by atoms with Crippen LogP contribution in [0.3, 0.4) is 0 Å². The maximum atomic E-state index is 13.1. The molecule has 0 aliphatic heterocycles. The second-order valence-electron chi connectivity index (χ2n) is 7.32.